The second kappa shape index (κ2) is 7.07. The van der Waals surface area contributed by atoms with Crippen LogP contribution in [-0.2, 0) is 13.6 Å². The van der Waals surface area contributed by atoms with Crippen LogP contribution in [0.1, 0.15) is 5.56 Å². The Labute approximate surface area is 149 Å². The highest BCUT2D eigenvalue weighted by molar-refractivity contribution is 6.29. The first-order valence-electron chi connectivity index (χ1n) is 7.29. The predicted octanol–water partition coefficient (Wildman–Crippen LogP) is 3.84. The van der Waals surface area contributed by atoms with Crippen LogP contribution in [0.3, 0.4) is 0 Å². The third-order valence-electron chi connectivity index (χ3n) is 3.55. The second-order valence-electron chi connectivity index (χ2n) is 5.20. The summed E-state index contributed by atoms with van der Waals surface area (Å²) in [5.74, 6) is 1.50. The minimum atomic E-state index is 0.207. The summed E-state index contributed by atoms with van der Waals surface area (Å²) in [6, 6.07) is 8.10. The van der Waals surface area contributed by atoms with Crippen molar-refractivity contribution in [1.29, 1.82) is 0 Å². The number of hydrogen-bond acceptors (Lipinski definition) is 5. The van der Waals surface area contributed by atoms with Gasteiger partial charge in [0.15, 0.2) is 5.82 Å². The Hall–Kier alpha value is -2.31. The van der Waals surface area contributed by atoms with E-state index in [1.807, 2.05) is 42.9 Å². The summed E-state index contributed by atoms with van der Waals surface area (Å²) < 4.78 is 1.90. The summed E-state index contributed by atoms with van der Waals surface area (Å²) in [6.45, 7) is 0.615. The van der Waals surface area contributed by atoms with E-state index < -0.39 is 0 Å². The molecule has 8 heteroatoms. The summed E-state index contributed by atoms with van der Waals surface area (Å²) in [6.07, 6.45) is 3.43. The number of nitrogens with one attached hydrogen (secondary N) is 2. The molecule has 3 aromatic rings. The average Bonchev–Trinajstić information content (AvgIpc) is 2.92. The van der Waals surface area contributed by atoms with Gasteiger partial charge in [-0.25, -0.2) is 9.97 Å². The largest absolute Gasteiger partial charge is 0.384 e. The monoisotopic (exact) mass is 362 g/mol. The number of anilines is 2. The van der Waals surface area contributed by atoms with Crippen LogP contribution in [0.15, 0.2) is 36.7 Å². The fourth-order valence-electron chi connectivity index (χ4n) is 2.33. The zero-order valence-corrected chi connectivity index (χ0v) is 14.7. The molecule has 124 valence electrons. The number of aromatic nitrogens is 4. The van der Waals surface area contributed by atoms with Gasteiger partial charge in [-0.1, -0.05) is 35.9 Å². The third kappa shape index (κ3) is 3.60. The topological polar surface area (TPSA) is 67.7 Å². The molecule has 0 saturated carbocycles. The quantitative estimate of drug-likeness (QED) is 0.675. The zero-order chi connectivity index (χ0) is 17.1. The van der Waals surface area contributed by atoms with Crippen LogP contribution in [0.25, 0.3) is 11.4 Å². The van der Waals surface area contributed by atoms with Crippen LogP contribution < -0.4 is 10.6 Å². The van der Waals surface area contributed by atoms with Gasteiger partial charge in [0.1, 0.15) is 11.0 Å². The molecule has 1 aromatic carbocycles. The first kappa shape index (κ1) is 16.5. The number of nitrogens with zero attached hydrogens (tertiary/aromatic N) is 4. The van der Waals surface area contributed by atoms with Crippen molar-refractivity contribution in [2.24, 2.45) is 7.05 Å². The fraction of sp³-hybridized carbons (Fsp3) is 0.188. The predicted molar refractivity (Wildman–Crippen MR) is 97.6 cm³/mol. The Kier molecular flexibility index (Phi) is 4.87. The molecular formula is C16H16Cl2N6. The van der Waals surface area contributed by atoms with Crippen LogP contribution >= 0.6 is 23.2 Å². The zero-order valence-electron chi connectivity index (χ0n) is 13.2. The van der Waals surface area contributed by atoms with Crippen molar-refractivity contribution in [3.05, 3.63) is 52.7 Å². The van der Waals surface area contributed by atoms with Crippen LogP contribution in [0, 0.1) is 0 Å². The van der Waals surface area contributed by atoms with Crippen molar-refractivity contribution in [3.8, 4) is 11.4 Å². The molecule has 0 bridgehead atoms. The Morgan fingerprint density at radius 1 is 1.12 bits per heavy atom. The van der Waals surface area contributed by atoms with Crippen LogP contribution in [0.2, 0.25) is 10.4 Å². The van der Waals surface area contributed by atoms with Crippen molar-refractivity contribution in [3.63, 3.8) is 0 Å². The van der Waals surface area contributed by atoms with Gasteiger partial charge in [-0.2, -0.15) is 4.98 Å². The summed E-state index contributed by atoms with van der Waals surface area (Å²) in [5.41, 5.74) is 2.91. The van der Waals surface area contributed by atoms with Gasteiger partial charge in [-0.3, -0.25) is 0 Å². The molecule has 2 heterocycles. The maximum atomic E-state index is 5.94. The van der Waals surface area contributed by atoms with Gasteiger partial charge in [0.25, 0.3) is 0 Å². The van der Waals surface area contributed by atoms with Crippen molar-refractivity contribution in [1.82, 2.24) is 19.5 Å². The summed E-state index contributed by atoms with van der Waals surface area (Å²) in [4.78, 5) is 12.5. The van der Waals surface area contributed by atoms with E-state index in [9.17, 15) is 0 Å². The molecule has 2 aromatic heterocycles. The van der Waals surface area contributed by atoms with Gasteiger partial charge in [0.05, 0.1) is 11.9 Å². The van der Waals surface area contributed by atoms with E-state index in [-0.39, 0.29) is 5.28 Å². The van der Waals surface area contributed by atoms with Gasteiger partial charge in [0, 0.05) is 32.4 Å². The van der Waals surface area contributed by atoms with Crippen LogP contribution in [0.4, 0.5) is 11.5 Å². The number of halogens is 2. The highest BCUT2D eigenvalue weighted by Crippen LogP contribution is 2.22. The van der Waals surface area contributed by atoms with Crippen LogP contribution in [0.5, 0.6) is 0 Å². The molecule has 0 atom stereocenters. The maximum absolute atomic E-state index is 5.94. The lowest BCUT2D eigenvalue weighted by atomic mass is 10.1. The van der Waals surface area contributed by atoms with E-state index in [1.54, 1.807) is 12.4 Å². The Bertz CT molecular complexity index is 844. The summed E-state index contributed by atoms with van der Waals surface area (Å²) in [7, 11) is 3.73. The first-order valence-corrected chi connectivity index (χ1v) is 8.04. The van der Waals surface area contributed by atoms with Crippen LogP contribution in [-0.4, -0.2) is 26.6 Å². The molecule has 0 saturated heterocycles. The lowest BCUT2D eigenvalue weighted by molar-refractivity contribution is 0.924. The van der Waals surface area contributed by atoms with Gasteiger partial charge in [-0.05, 0) is 17.2 Å². The Morgan fingerprint density at radius 2 is 1.88 bits per heavy atom. The van der Waals surface area contributed by atoms with Crippen molar-refractivity contribution in [2.45, 2.75) is 6.54 Å². The van der Waals surface area contributed by atoms with Crippen molar-refractivity contribution >= 4 is 34.7 Å². The number of rotatable bonds is 5. The summed E-state index contributed by atoms with van der Waals surface area (Å²) in [5, 5.41) is 6.98. The van der Waals surface area contributed by atoms with E-state index in [0.29, 0.717) is 17.5 Å². The normalized spacial score (nSPS) is 10.7. The second-order valence-corrected chi connectivity index (χ2v) is 5.93. The van der Waals surface area contributed by atoms with Gasteiger partial charge >= 0.3 is 0 Å². The highest BCUT2D eigenvalue weighted by atomic mass is 35.5. The molecule has 0 aliphatic rings. The van der Waals surface area contributed by atoms with Gasteiger partial charge in [-0.15, -0.1) is 0 Å². The lowest BCUT2D eigenvalue weighted by Gasteiger charge is -2.11. The standard InChI is InChI=1S/C16H16Cl2N6/c1-19-12-8-21-16(18)23-14(12)20-7-10-3-5-11(6-4-10)15-22-13(17)9-24(15)2/h3-6,8-9,19H,7H2,1-2H3,(H,20,21,23). The SMILES string of the molecule is CNc1cnc(Cl)nc1NCc1ccc(-c2nc(Cl)cn2C)cc1. The number of hydrogen-bond donors (Lipinski definition) is 2. The van der Waals surface area contributed by atoms with E-state index in [0.717, 1.165) is 22.6 Å². The minimum absolute atomic E-state index is 0.207. The number of benzene rings is 1. The smallest absolute Gasteiger partial charge is 0.224 e. The molecule has 0 aliphatic carbocycles. The van der Waals surface area contributed by atoms with Gasteiger partial charge < -0.3 is 15.2 Å². The first-order chi connectivity index (χ1) is 11.6. The van der Waals surface area contributed by atoms with Gasteiger partial charge in [0.2, 0.25) is 5.28 Å². The molecule has 3 rings (SSSR count). The van der Waals surface area contributed by atoms with E-state index in [1.165, 1.54) is 0 Å². The number of imidazole rings is 1. The molecule has 6 nitrogen and oxygen atoms in total. The maximum Gasteiger partial charge on any atom is 0.224 e. The molecule has 0 aliphatic heterocycles. The molecule has 24 heavy (non-hydrogen) atoms. The minimum Gasteiger partial charge on any atom is -0.384 e. The molecule has 0 amide bonds. The molecule has 0 spiro atoms. The Morgan fingerprint density at radius 3 is 2.50 bits per heavy atom. The molecule has 0 unspecified atom stereocenters. The lowest BCUT2D eigenvalue weighted by Crippen LogP contribution is -2.05. The third-order valence-corrected chi connectivity index (χ3v) is 3.91. The van der Waals surface area contributed by atoms with E-state index in [2.05, 4.69) is 25.6 Å². The van der Waals surface area contributed by atoms with Crippen molar-refractivity contribution < 1.29 is 0 Å². The molecular weight excluding hydrogens is 347 g/mol. The Balaban J connectivity index is 1.73. The molecule has 0 fully saturated rings. The average molecular weight is 363 g/mol. The molecule has 0 radical (unpaired) electrons. The molecule has 2 N–H and O–H groups in total. The number of aryl methyl sites for hydroxylation is 1. The van der Waals surface area contributed by atoms with E-state index in [4.69, 9.17) is 23.2 Å². The van der Waals surface area contributed by atoms with Crippen molar-refractivity contribution in [2.75, 3.05) is 17.7 Å². The highest BCUT2D eigenvalue weighted by Gasteiger charge is 2.07. The van der Waals surface area contributed by atoms with E-state index >= 15 is 0 Å². The summed E-state index contributed by atoms with van der Waals surface area (Å²) >= 11 is 11.8. The fourth-order valence-corrected chi connectivity index (χ4v) is 2.69.